The van der Waals surface area contributed by atoms with E-state index in [4.69, 9.17) is 4.74 Å². The number of allylic oxidation sites excluding steroid dienone is 4. The van der Waals surface area contributed by atoms with Crippen molar-refractivity contribution >= 4 is 27.4 Å². The summed E-state index contributed by atoms with van der Waals surface area (Å²) in [7, 11) is 0. The Kier molecular flexibility index (Phi) is 2.30. The van der Waals surface area contributed by atoms with Crippen LogP contribution in [0.3, 0.4) is 0 Å². The summed E-state index contributed by atoms with van der Waals surface area (Å²) in [6, 6.07) is 12.4. The van der Waals surface area contributed by atoms with Crippen LogP contribution in [0.4, 0.5) is 0 Å². The average molecular weight is 259 g/mol. The largest absolute Gasteiger partial charge is 0.464 e. The predicted molar refractivity (Wildman–Crippen MR) is 83.7 cm³/mol. The zero-order chi connectivity index (χ0) is 13.5. The lowest BCUT2D eigenvalue weighted by molar-refractivity contribution is 0.485. The average Bonchev–Trinajstić information content (AvgIpc) is 2.83. The molecule has 0 saturated carbocycles. The molecule has 0 unspecified atom stereocenters. The second-order valence-electron chi connectivity index (χ2n) is 4.87. The van der Waals surface area contributed by atoms with E-state index in [1.54, 1.807) is 6.26 Å². The highest BCUT2D eigenvalue weighted by Gasteiger charge is 2.15. The van der Waals surface area contributed by atoms with E-state index < -0.39 is 0 Å². The Morgan fingerprint density at radius 3 is 2.80 bits per heavy atom. The number of aromatic nitrogens is 1. The first-order chi connectivity index (χ1) is 9.84. The van der Waals surface area contributed by atoms with Crippen LogP contribution in [0.1, 0.15) is 5.56 Å². The number of nitrogens with one attached hydrogen (secondary N) is 1. The summed E-state index contributed by atoms with van der Waals surface area (Å²) in [5.41, 5.74) is 4.18. The predicted octanol–water partition coefficient (Wildman–Crippen LogP) is 4.80. The second-order valence-corrected chi connectivity index (χ2v) is 4.87. The molecule has 0 radical (unpaired) electrons. The number of hydrogen-bond donors (Lipinski definition) is 1. The van der Waals surface area contributed by atoms with Crippen molar-refractivity contribution in [3.63, 3.8) is 0 Å². The van der Waals surface area contributed by atoms with E-state index in [2.05, 4.69) is 35.8 Å². The molecule has 3 aromatic rings. The molecule has 20 heavy (non-hydrogen) atoms. The number of benzene rings is 2. The van der Waals surface area contributed by atoms with E-state index in [0.717, 1.165) is 33.3 Å². The molecule has 1 N–H and O–H groups in total. The summed E-state index contributed by atoms with van der Waals surface area (Å²) in [5, 5.41) is 2.28. The molecule has 1 aliphatic rings. The summed E-state index contributed by atoms with van der Waals surface area (Å²) >= 11 is 0. The number of hydrogen-bond acceptors (Lipinski definition) is 1. The molecule has 0 saturated heterocycles. The Labute approximate surface area is 116 Å². The summed E-state index contributed by atoms with van der Waals surface area (Å²) in [6.45, 7) is 4.12. The maximum Gasteiger partial charge on any atom is 0.144 e. The highest BCUT2D eigenvalue weighted by atomic mass is 16.5. The number of rotatable bonds is 0. The Morgan fingerprint density at radius 2 is 1.85 bits per heavy atom. The van der Waals surface area contributed by atoms with E-state index in [1.165, 1.54) is 5.39 Å². The Hall–Kier alpha value is -2.74. The molecule has 0 atom stereocenters. The second kappa shape index (κ2) is 4.14. The number of ether oxygens (including phenoxy) is 1. The normalized spacial score (nSPS) is 17.3. The van der Waals surface area contributed by atoms with Crippen molar-refractivity contribution in [2.45, 2.75) is 0 Å². The SMILES string of the molecule is C=C1/C=C\C=C/Oc2c1ccc1[nH]c3ccccc3c21. The monoisotopic (exact) mass is 259 g/mol. The molecule has 0 spiro atoms. The Bertz CT molecular complexity index is 896. The van der Waals surface area contributed by atoms with Crippen LogP contribution in [-0.2, 0) is 0 Å². The number of H-pyrrole nitrogens is 1. The third-order valence-corrected chi connectivity index (χ3v) is 3.64. The van der Waals surface area contributed by atoms with Crippen molar-refractivity contribution in [3.05, 3.63) is 73.0 Å². The summed E-state index contributed by atoms with van der Waals surface area (Å²) in [5.74, 6) is 0.866. The molecule has 0 aliphatic carbocycles. The smallest absolute Gasteiger partial charge is 0.144 e. The van der Waals surface area contributed by atoms with Crippen molar-refractivity contribution in [2.75, 3.05) is 0 Å². The third-order valence-electron chi connectivity index (χ3n) is 3.64. The lowest BCUT2D eigenvalue weighted by atomic mass is 10.0. The maximum atomic E-state index is 5.87. The molecule has 96 valence electrons. The summed E-state index contributed by atoms with van der Waals surface area (Å²) < 4.78 is 5.87. The van der Waals surface area contributed by atoms with Gasteiger partial charge in [-0.05, 0) is 29.8 Å². The van der Waals surface area contributed by atoms with Crippen LogP contribution in [0, 0.1) is 0 Å². The van der Waals surface area contributed by atoms with Crippen LogP contribution in [-0.4, -0.2) is 4.98 Å². The van der Waals surface area contributed by atoms with Crippen molar-refractivity contribution in [3.8, 4) is 5.75 Å². The number of aromatic amines is 1. The molecule has 2 heterocycles. The van der Waals surface area contributed by atoms with Crippen molar-refractivity contribution in [2.24, 2.45) is 0 Å². The first-order valence-corrected chi connectivity index (χ1v) is 6.57. The Balaban J connectivity index is 2.16. The molecule has 1 aliphatic heterocycles. The van der Waals surface area contributed by atoms with Crippen LogP contribution in [0.5, 0.6) is 5.75 Å². The fraction of sp³-hybridized carbons (Fsp3) is 0. The highest BCUT2D eigenvalue weighted by Crippen LogP contribution is 2.39. The van der Waals surface area contributed by atoms with Crippen molar-refractivity contribution in [1.82, 2.24) is 4.98 Å². The van der Waals surface area contributed by atoms with Gasteiger partial charge in [-0.3, -0.25) is 0 Å². The first kappa shape index (κ1) is 11.1. The van der Waals surface area contributed by atoms with Crippen molar-refractivity contribution < 1.29 is 4.74 Å². The molecule has 2 aromatic carbocycles. The molecule has 1 aromatic heterocycles. The Morgan fingerprint density at radius 1 is 0.950 bits per heavy atom. The highest BCUT2D eigenvalue weighted by molar-refractivity contribution is 6.12. The lowest BCUT2D eigenvalue weighted by Crippen LogP contribution is -1.92. The van der Waals surface area contributed by atoms with E-state index in [0.29, 0.717) is 0 Å². The molecular weight excluding hydrogens is 246 g/mol. The van der Waals surface area contributed by atoms with Crippen LogP contribution in [0.25, 0.3) is 27.4 Å². The van der Waals surface area contributed by atoms with Gasteiger partial charge in [-0.2, -0.15) is 0 Å². The van der Waals surface area contributed by atoms with E-state index >= 15 is 0 Å². The quantitative estimate of drug-likeness (QED) is 0.616. The van der Waals surface area contributed by atoms with Gasteiger partial charge in [0.2, 0.25) is 0 Å². The first-order valence-electron chi connectivity index (χ1n) is 6.57. The molecule has 2 nitrogen and oxygen atoms in total. The van der Waals surface area contributed by atoms with E-state index in [1.807, 2.05) is 30.4 Å². The van der Waals surface area contributed by atoms with E-state index in [9.17, 15) is 0 Å². The topological polar surface area (TPSA) is 25.0 Å². The zero-order valence-electron chi connectivity index (χ0n) is 10.9. The van der Waals surface area contributed by atoms with Crippen LogP contribution in [0.2, 0.25) is 0 Å². The standard InChI is InChI=1S/C18H13NO/c1-12-6-4-5-11-20-18-13(12)9-10-16-17(18)14-7-2-3-8-15(14)19-16/h2-11,19H,1H2/b6-4-,11-5-. The number of para-hydroxylation sites is 1. The van der Waals surface area contributed by atoms with Gasteiger partial charge in [0.15, 0.2) is 0 Å². The van der Waals surface area contributed by atoms with Gasteiger partial charge in [-0.1, -0.05) is 36.9 Å². The number of fused-ring (bicyclic) bond motifs is 5. The maximum absolute atomic E-state index is 5.87. The molecule has 0 amide bonds. The van der Waals surface area contributed by atoms with E-state index in [-0.39, 0.29) is 0 Å². The van der Waals surface area contributed by atoms with Gasteiger partial charge >= 0.3 is 0 Å². The van der Waals surface area contributed by atoms with Gasteiger partial charge in [-0.25, -0.2) is 0 Å². The van der Waals surface area contributed by atoms with Gasteiger partial charge in [0.25, 0.3) is 0 Å². The third kappa shape index (κ3) is 1.51. The van der Waals surface area contributed by atoms with Crippen LogP contribution >= 0.6 is 0 Å². The molecule has 4 rings (SSSR count). The van der Waals surface area contributed by atoms with Crippen LogP contribution in [0.15, 0.2) is 67.5 Å². The van der Waals surface area contributed by atoms with Gasteiger partial charge in [0.1, 0.15) is 5.75 Å². The van der Waals surface area contributed by atoms with Gasteiger partial charge < -0.3 is 9.72 Å². The van der Waals surface area contributed by atoms with Gasteiger partial charge in [0.05, 0.1) is 17.2 Å². The zero-order valence-corrected chi connectivity index (χ0v) is 10.9. The minimum absolute atomic E-state index is 0.866. The molecule has 0 fully saturated rings. The fourth-order valence-electron chi connectivity index (χ4n) is 2.70. The van der Waals surface area contributed by atoms with Crippen molar-refractivity contribution in [1.29, 1.82) is 0 Å². The lowest BCUT2D eigenvalue weighted by Gasteiger charge is -2.12. The van der Waals surface area contributed by atoms with Crippen LogP contribution < -0.4 is 4.74 Å². The molecular formula is C18H13NO. The summed E-state index contributed by atoms with van der Waals surface area (Å²) in [6.07, 6.45) is 7.52. The molecule has 0 bridgehead atoms. The minimum Gasteiger partial charge on any atom is -0.464 e. The molecule has 2 heteroatoms. The fourth-order valence-corrected chi connectivity index (χ4v) is 2.70. The minimum atomic E-state index is 0.866. The van der Waals surface area contributed by atoms with Gasteiger partial charge in [-0.15, -0.1) is 0 Å². The van der Waals surface area contributed by atoms with Gasteiger partial charge in [0, 0.05) is 16.5 Å². The summed E-state index contributed by atoms with van der Waals surface area (Å²) in [4.78, 5) is 3.43.